The number of hydrogen-bond acceptors (Lipinski definition) is 3. The zero-order valence-corrected chi connectivity index (χ0v) is 18.8. The van der Waals surface area contributed by atoms with E-state index >= 15 is 0 Å². The van der Waals surface area contributed by atoms with Gasteiger partial charge in [-0.15, -0.1) is 0 Å². The third-order valence-electron chi connectivity index (χ3n) is 5.77. The van der Waals surface area contributed by atoms with Crippen LogP contribution in [0.5, 0.6) is 0 Å². The Bertz CT molecular complexity index is 1240. The first kappa shape index (κ1) is 20.8. The molecule has 0 aliphatic carbocycles. The lowest BCUT2D eigenvalue weighted by Gasteiger charge is -2.14. The molecule has 0 fully saturated rings. The molecule has 0 aliphatic heterocycles. The summed E-state index contributed by atoms with van der Waals surface area (Å²) in [6.07, 6.45) is 0. The van der Waals surface area contributed by atoms with Crippen molar-refractivity contribution in [2.24, 2.45) is 5.92 Å². The molecule has 2 aromatic heterocycles. The maximum absolute atomic E-state index is 12.8. The molecule has 2 aromatic carbocycles. The number of carbonyl (C=O) groups is 1. The second-order valence-electron chi connectivity index (χ2n) is 8.34. The van der Waals surface area contributed by atoms with Gasteiger partial charge in [-0.2, -0.15) is 5.10 Å². The van der Waals surface area contributed by atoms with Crippen LogP contribution in [0.15, 0.2) is 42.5 Å². The van der Waals surface area contributed by atoms with Gasteiger partial charge < -0.3 is 10.3 Å². The van der Waals surface area contributed by atoms with Gasteiger partial charge in [0.15, 0.2) is 0 Å². The SMILES string of the molecule is Cc1cc(CNC(=O)[C@@H](C)Cn2nc(C)nc2C)c2[nH]c(-c3ccccc3)c(C)c2c1. The lowest BCUT2D eigenvalue weighted by Crippen LogP contribution is -2.31. The lowest BCUT2D eigenvalue weighted by molar-refractivity contribution is -0.125. The number of hydrogen-bond donors (Lipinski definition) is 2. The summed E-state index contributed by atoms with van der Waals surface area (Å²) in [5, 5.41) is 8.68. The molecule has 6 nitrogen and oxygen atoms in total. The molecule has 1 amide bonds. The molecule has 6 heteroatoms. The third kappa shape index (κ3) is 4.24. The molecule has 0 saturated carbocycles. The van der Waals surface area contributed by atoms with Gasteiger partial charge in [-0.05, 0) is 50.5 Å². The molecule has 0 bridgehead atoms. The quantitative estimate of drug-likeness (QED) is 0.483. The number of fused-ring (bicyclic) bond motifs is 1. The molecule has 2 heterocycles. The molecule has 0 aliphatic rings. The van der Waals surface area contributed by atoms with Crippen molar-refractivity contribution in [3.8, 4) is 11.3 Å². The normalized spacial score (nSPS) is 12.3. The van der Waals surface area contributed by atoms with E-state index in [0.717, 1.165) is 34.0 Å². The van der Waals surface area contributed by atoms with E-state index in [1.807, 2.05) is 39.0 Å². The van der Waals surface area contributed by atoms with Gasteiger partial charge in [0.05, 0.1) is 18.0 Å². The molecule has 160 valence electrons. The number of aromatic amines is 1. The summed E-state index contributed by atoms with van der Waals surface area (Å²) in [5.41, 5.74) is 6.87. The van der Waals surface area contributed by atoms with Gasteiger partial charge in [-0.25, -0.2) is 9.67 Å². The number of aryl methyl sites for hydroxylation is 4. The molecular formula is C25H29N5O. The number of rotatable bonds is 6. The van der Waals surface area contributed by atoms with Crippen molar-refractivity contribution in [3.05, 3.63) is 70.8 Å². The number of carbonyl (C=O) groups excluding carboxylic acids is 1. The van der Waals surface area contributed by atoms with Gasteiger partial charge in [0.2, 0.25) is 5.91 Å². The smallest absolute Gasteiger partial charge is 0.224 e. The highest BCUT2D eigenvalue weighted by Gasteiger charge is 2.17. The first-order chi connectivity index (χ1) is 14.8. The summed E-state index contributed by atoms with van der Waals surface area (Å²) in [7, 11) is 0. The Hall–Kier alpha value is -3.41. The fraction of sp³-hybridized carbons (Fsp3) is 0.320. The second-order valence-corrected chi connectivity index (χ2v) is 8.34. The van der Waals surface area contributed by atoms with Crippen LogP contribution in [0.1, 0.15) is 35.3 Å². The summed E-state index contributed by atoms with van der Waals surface area (Å²) in [5.74, 6) is 1.36. The van der Waals surface area contributed by atoms with Crippen molar-refractivity contribution in [1.82, 2.24) is 25.1 Å². The van der Waals surface area contributed by atoms with Crippen molar-refractivity contribution in [2.45, 2.75) is 47.7 Å². The summed E-state index contributed by atoms with van der Waals surface area (Å²) < 4.78 is 1.80. The molecule has 31 heavy (non-hydrogen) atoms. The minimum Gasteiger partial charge on any atom is -0.354 e. The van der Waals surface area contributed by atoms with E-state index < -0.39 is 0 Å². The minimum atomic E-state index is -0.203. The van der Waals surface area contributed by atoms with Gasteiger partial charge in [0.25, 0.3) is 0 Å². The van der Waals surface area contributed by atoms with Crippen molar-refractivity contribution in [3.63, 3.8) is 0 Å². The van der Waals surface area contributed by atoms with E-state index in [2.05, 4.69) is 58.5 Å². The van der Waals surface area contributed by atoms with Gasteiger partial charge in [0, 0.05) is 17.6 Å². The first-order valence-electron chi connectivity index (χ1n) is 10.7. The Morgan fingerprint density at radius 1 is 1.13 bits per heavy atom. The summed E-state index contributed by atoms with van der Waals surface area (Å²) in [6, 6.07) is 14.7. The van der Waals surface area contributed by atoms with E-state index in [0.29, 0.717) is 13.1 Å². The van der Waals surface area contributed by atoms with Gasteiger partial charge in [0.1, 0.15) is 11.6 Å². The van der Waals surface area contributed by atoms with Crippen LogP contribution >= 0.6 is 0 Å². The van der Waals surface area contributed by atoms with Gasteiger partial charge in [-0.1, -0.05) is 48.9 Å². The second kappa shape index (κ2) is 8.38. The lowest BCUT2D eigenvalue weighted by atomic mass is 10.0. The summed E-state index contributed by atoms with van der Waals surface area (Å²) in [6.45, 7) is 10.9. The molecular weight excluding hydrogens is 386 g/mol. The Morgan fingerprint density at radius 3 is 2.55 bits per heavy atom. The van der Waals surface area contributed by atoms with Gasteiger partial charge >= 0.3 is 0 Å². The molecule has 0 spiro atoms. The first-order valence-corrected chi connectivity index (χ1v) is 10.7. The predicted octanol–water partition coefficient (Wildman–Crippen LogP) is 4.61. The summed E-state index contributed by atoms with van der Waals surface area (Å²) >= 11 is 0. The van der Waals surface area contributed by atoms with Crippen molar-refractivity contribution >= 4 is 16.8 Å². The van der Waals surface area contributed by atoms with Crippen LogP contribution in [-0.4, -0.2) is 25.7 Å². The van der Waals surface area contributed by atoms with E-state index in [4.69, 9.17) is 0 Å². The van der Waals surface area contributed by atoms with Crippen LogP contribution in [-0.2, 0) is 17.9 Å². The molecule has 0 unspecified atom stereocenters. The molecule has 4 aromatic rings. The van der Waals surface area contributed by atoms with E-state index in [1.165, 1.54) is 16.5 Å². The van der Waals surface area contributed by atoms with E-state index in [-0.39, 0.29) is 11.8 Å². The van der Waals surface area contributed by atoms with Crippen LogP contribution in [0, 0.1) is 33.6 Å². The molecule has 4 rings (SSSR count). The van der Waals surface area contributed by atoms with Crippen LogP contribution in [0.3, 0.4) is 0 Å². The Balaban J connectivity index is 1.55. The zero-order chi connectivity index (χ0) is 22.1. The number of amides is 1. The Labute approximate surface area is 182 Å². The molecule has 0 radical (unpaired) electrons. The monoisotopic (exact) mass is 415 g/mol. The van der Waals surface area contributed by atoms with E-state index in [1.54, 1.807) is 4.68 Å². The highest BCUT2D eigenvalue weighted by Crippen LogP contribution is 2.32. The average Bonchev–Trinajstić information content (AvgIpc) is 3.24. The van der Waals surface area contributed by atoms with Gasteiger partial charge in [-0.3, -0.25) is 4.79 Å². The minimum absolute atomic E-state index is 0.00812. The van der Waals surface area contributed by atoms with Crippen molar-refractivity contribution in [2.75, 3.05) is 0 Å². The number of aromatic nitrogens is 4. The number of benzene rings is 2. The maximum atomic E-state index is 12.8. The number of H-pyrrole nitrogens is 1. The van der Waals surface area contributed by atoms with Crippen LogP contribution < -0.4 is 5.32 Å². The molecule has 0 saturated heterocycles. The predicted molar refractivity (Wildman–Crippen MR) is 124 cm³/mol. The number of nitrogens with one attached hydrogen (secondary N) is 2. The zero-order valence-electron chi connectivity index (χ0n) is 18.8. The highest BCUT2D eigenvalue weighted by atomic mass is 16.1. The maximum Gasteiger partial charge on any atom is 0.224 e. The number of nitrogens with zero attached hydrogens (tertiary/aromatic N) is 3. The van der Waals surface area contributed by atoms with Crippen molar-refractivity contribution in [1.29, 1.82) is 0 Å². The Kier molecular flexibility index (Phi) is 5.63. The fourth-order valence-electron chi connectivity index (χ4n) is 4.12. The standard InChI is InChI=1S/C25H29N5O/c1-15-11-21(13-26-25(31)16(2)14-30-19(5)27-18(4)29-30)24-22(12-15)17(3)23(28-24)20-9-7-6-8-10-20/h6-12,16,28H,13-14H2,1-5H3,(H,26,31)/t16-/m0/s1. The highest BCUT2D eigenvalue weighted by molar-refractivity contribution is 5.93. The topological polar surface area (TPSA) is 75.6 Å². The van der Waals surface area contributed by atoms with Crippen molar-refractivity contribution < 1.29 is 4.79 Å². The van der Waals surface area contributed by atoms with Crippen LogP contribution in [0.4, 0.5) is 0 Å². The fourth-order valence-corrected chi connectivity index (χ4v) is 4.12. The van der Waals surface area contributed by atoms with E-state index in [9.17, 15) is 4.79 Å². The van der Waals surface area contributed by atoms with Crippen LogP contribution in [0.25, 0.3) is 22.2 Å². The summed E-state index contributed by atoms with van der Waals surface area (Å²) in [4.78, 5) is 20.7. The Morgan fingerprint density at radius 2 is 1.87 bits per heavy atom. The third-order valence-corrected chi connectivity index (χ3v) is 5.77. The largest absolute Gasteiger partial charge is 0.354 e. The van der Waals surface area contributed by atoms with Crippen LogP contribution in [0.2, 0.25) is 0 Å². The molecule has 2 N–H and O–H groups in total. The molecule has 1 atom stereocenters. The average molecular weight is 416 g/mol.